The van der Waals surface area contributed by atoms with Gasteiger partial charge in [0.05, 0.1) is 0 Å². The van der Waals surface area contributed by atoms with Crippen LogP contribution in [0.5, 0.6) is 5.75 Å². The summed E-state index contributed by atoms with van der Waals surface area (Å²) in [6.45, 7) is 4.82. The van der Waals surface area contributed by atoms with Gasteiger partial charge in [-0.05, 0) is 38.5 Å². The number of ether oxygens (including phenoxy) is 1. The lowest BCUT2D eigenvalue weighted by molar-refractivity contribution is -0.177. The summed E-state index contributed by atoms with van der Waals surface area (Å²) in [5, 5.41) is 19.5. The molecule has 4 N–H and O–H groups in total. The Morgan fingerprint density at radius 2 is 1.78 bits per heavy atom. The Kier molecular flexibility index (Phi) is 3.98. The Morgan fingerprint density at radius 1 is 1.28 bits per heavy atom. The van der Waals surface area contributed by atoms with E-state index in [4.69, 9.17) is 10.5 Å². The first kappa shape index (κ1) is 14.5. The van der Waals surface area contributed by atoms with Gasteiger partial charge in [-0.2, -0.15) is 0 Å². The Hall–Kier alpha value is -1.59. The zero-order chi connectivity index (χ0) is 14.0. The molecule has 18 heavy (non-hydrogen) atoms. The second-order valence-corrected chi connectivity index (χ2v) is 5.11. The normalized spacial score (nSPS) is 14.9. The Labute approximate surface area is 106 Å². The van der Waals surface area contributed by atoms with E-state index < -0.39 is 17.2 Å². The third-order valence-electron chi connectivity index (χ3n) is 2.38. The van der Waals surface area contributed by atoms with Gasteiger partial charge in [0.25, 0.3) is 0 Å². The van der Waals surface area contributed by atoms with Gasteiger partial charge in [-0.25, -0.2) is 4.79 Å². The van der Waals surface area contributed by atoms with E-state index in [1.807, 2.05) is 0 Å². The van der Waals surface area contributed by atoms with Gasteiger partial charge in [-0.3, -0.25) is 0 Å². The van der Waals surface area contributed by atoms with Gasteiger partial charge in [-0.1, -0.05) is 12.1 Å². The molecule has 0 aliphatic carbocycles. The van der Waals surface area contributed by atoms with Crippen molar-refractivity contribution in [1.29, 1.82) is 0 Å². The van der Waals surface area contributed by atoms with E-state index in [1.165, 1.54) is 24.3 Å². The fourth-order valence-corrected chi connectivity index (χ4v) is 1.42. The number of benzene rings is 1. The van der Waals surface area contributed by atoms with Crippen molar-refractivity contribution in [3.63, 3.8) is 0 Å². The number of esters is 1. The lowest BCUT2D eigenvalue weighted by atomic mass is 9.93. The summed E-state index contributed by atoms with van der Waals surface area (Å²) < 4.78 is 5.15. The Morgan fingerprint density at radius 3 is 2.17 bits per heavy atom. The molecule has 5 heteroatoms. The average molecular weight is 253 g/mol. The molecule has 1 aromatic rings. The van der Waals surface area contributed by atoms with Crippen molar-refractivity contribution in [2.24, 2.45) is 5.73 Å². The number of carbonyl (C=O) groups is 1. The van der Waals surface area contributed by atoms with E-state index in [1.54, 1.807) is 20.8 Å². The number of rotatable bonds is 3. The summed E-state index contributed by atoms with van der Waals surface area (Å²) in [4.78, 5) is 12.0. The predicted molar refractivity (Wildman–Crippen MR) is 66.9 cm³/mol. The molecule has 1 aromatic carbocycles. The van der Waals surface area contributed by atoms with Crippen molar-refractivity contribution in [1.82, 2.24) is 0 Å². The van der Waals surface area contributed by atoms with E-state index in [0.29, 0.717) is 0 Å². The van der Waals surface area contributed by atoms with Gasteiger partial charge >= 0.3 is 5.97 Å². The molecule has 0 bridgehead atoms. The highest BCUT2D eigenvalue weighted by molar-refractivity contribution is 5.81. The highest BCUT2D eigenvalue weighted by Gasteiger charge is 2.40. The Bertz CT molecular complexity index is 422. The van der Waals surface area contributed by atoms with Gasteiger partial charge in [0.2, 0.25) is 0 Å². The summed E-state index contributed by atoms with van der Waals surface area (Å²) >= 11 is 0. The number of aromatic hydroxyl groups is 1. The third kappa shape index (κ3) is 3.21. The van der Waals surface area contributed by atoms with Crippen LogP contribution in [-0.2, 0) is 15.1 Å². The Balaban J connectivity index is 3.05. The van der Waals surface area contributed by atoms with Gasteiger partial charge in [0, 0.05) is 6.54 Å². The summed E-state index contributed by atoms with van der Waals surface area (Å²) in [5.41, 5.74) is 3.16. The zero-order valence-electron chi connectivity index (χ0n) is 10.8. The quantitative estimate of drug-likeness (QED) is 0.695. The van der Waals surface area contributed by atoms with Crippen molar-refractivity contribution in [2.45, 2.75) is 32.0 Å². The molecule has 0 fully saturated rings. The van der Waals surface area contributed by atoms with E-state index in [2.05, 4.69) is 0 Å². The van der Waals surface area contributed by atoms with Gasteiger partial charge in [-0.15, -0.1) is 0 Å². The molecular weight excluding hydrogens is 234 g/mol. The molecule has 5 nitrogen and oxygen atoms in total. The molecule has 1 unspecified atom stereocenters. The number of phenolic OH excluding ortho intramolecular Hbond substituents is 1. The van der Waals surface area contributed by atoms with Gasteiger partial charge < -0.3 is 20.7 Å². The minimum Gasteiger partial charge on any atom is -0.508 e. The van der Waals surface area contributed by atoms with Crippen molar-refractivity contribution >= 4 is 5.97 Å². The molecule has 0 radical (unpaired) electrons. The molecule has 1 rings (SSSR count). The van der Waals surface area contributed by atoms with Crippen LogP contribution in [0.4, 0.5) is 0 Å². The molecule has 0 aliphatic rings. The molecule has 0 spiro atoms. The standard InChI is InChI=1S/C13H19NO4/c1-12(2,3)18-11(16)13(17,8-14)9-4-6-10(15)7-5-9/h4-7,15,17H,8,14H2,1-3H3. The number of hydrogen-bond acceptors (Lipinski definition) is 5. The van der Waals surface area contributed by atoms with Crippen molar-refractivity contribution in [3.05, 3.63) is 29.8 Å². The molecule has 100 valence electrons. The van der Waals surface area contributed by atoms with Crippen molar-refractivity contribution in [3.8, 4) is 5.75 Å². The van der Waals surface area contributed by atoms with Crippen LogP contribution in [0.15, 0.2) is 24.3 Å². The smallest absolute Gasteiger partial charge is 0.344 e. The highest BCUT2D eigenvalue weighted by Crippen LogP contribution is 2.25. The summed E-state index contributed by atoms with van der Waals surface area (Å²) in [6.07, 6.45) is 0. The minimum atomic E-state index is -1.90. The van der Waals surface area contributed by atoms with Gasteiger partial charge in [0.15, 0.2) is 5.60 Å². The maximum atomic E-state index is 12.0. The molecule has 0 heterocycles. The van der Waals surface area contributed by atoms with Gasteiger partial charge in [0.1, 0.15) is 11.4 Å². The van der Waals surface area contributed by atoms with Crippen molar-refractivity contribution < 1.29 is 19.7 Å². The van der Waals surface area contributed by atoms with Crippen LogP contribution in [0, 0.1) is 0 Å². The maximum Gasteiger partial charge on any atom is 0.344 e. The molecule has 0 amide bonds. The monoisotopic (exact) mass is 253 g/mol. The number of aliphatic hydroxyl groups is 1. The second kappa shape index (κ2) is 4.96. The van der Waals surface area contributed by atoms with Crippen LogP contribution < -0.4 is 5.73 Å². The fourth-order valence-electron chi connectivity index (χ4n) is 1.42. The molecule has 0 saturated heterocycles. The number of nitrogens with two attached hydrogens (primary N) is 1. The summed E-state index contributed by atoms with van der Waals surface area (Å²) in [7, 11) is 0. The first-order valence-corrected chi connectivity index (χ1v) is 5.64. The van der Waals surface area contributed by atoms with Crippen LogP contribution in [0.25, 0.3) is 0 Å². The molecular formula is C13H19NO4. The van der Waals surface area contributed by atoms with E-state index in [0.717, 1.165) is 0 Å². The van der Waals surface area contributed by atoms with Crippen LogP contribution >= 0.6 is 0 Å². The SMILES string of the molecule is CC(C)(C)OC(=O)C(O)(CN)c1ccc(O)cc1. The van der Waals surface area contributed by atoms with Crippen LogP contribution in [-0.4, -0.2) is 28.3 Å². The molecule has 0 aromatic heterocycles. The largest absolute Gasteiger partial charge is 0.508 e. The number of phenols is 1. The number of hydrogen-bond donors (Lipinski definition) is 3. The summed E-state index contributed by atoms with van der Waals surface area (Å²) in [6, 6.07) is 5.62. The lowest BCUT2D eigenvalue weighted by Gasteiger charge is -2.29. The van der Waals surface area contributed by atoms with E-state index in [9.17, 15) is 15.0 Å². The maximum absolute atomic E-state index is 12.0. The molecule has 0 saturated carbocycles. The second-order valence-electron chi connectivity index (χ2n) is 5.11. The van der Waals surface area contributed by atoms with E-state index >= 15 is 0 Å². The minimum absolute atomic E-state index is 0.0438. The third-order valence-corrected chi connectivity index (χ3v) is 2.38. The van der Waals surface area contributed by atoms with Crippen molar-refractivity contribution in [2.75, 3.05) is 6.54 Å². The molecule has 0 aliphatic heterocycles. The number of carbonyl (C=O) groups excluding carboxylic acids is 1. The zero-order valence-corrected chi connectivity index (χ0v) is 10.8. The molecule has 1 atom stereocenters. The average Bonchev–Trinajstić information content (AvgIpc) is 2.26. The summed E-state index contributed by atoms with van der Waals surface area (Å²) in [5.74, 6) is -0.759. The fraction of sp³-hybridized carbons (Fsp3) is 0.462. The van der Waals surface area contributed by atoms with Crippen LogP contribution in [0.2, 0.25) is 0 Å². The van der Waals surface area contributed by atoms with Crippen LogP contribution in [0.1, 0.15) is 26.3 Å². The lowest BCUT2D eigenvalue weighted by Crippen LogP contribution is -2.46. The topological polar surface area (TPSA) is 92.8 Å². The first-order chi connectivity index (χ1) is 8.19. The van der Waals surface area contributed by atoms with Crippen LogP contribution in [0.3, 0.4) is 0 Å². The highest BCUT2D eigenvalue weighted by atomic mass is 16.6. The first-order valence-electron chi connectivity index (χ1n) is 5.64. The van der Waals surface area contributed by atoms with E-state index in [-0.39, 0.29) is 17.9 Å². The predicted octanol–water partition coefficient (Wildman–Crippen LogP) is 0.880.